The number of nitrogens with one attached hydrogen (secondary N) is 1. The number of aromatic nitrogens is 1. The van der Waals surface area contributed by atoms with Crippen LogP contribution in [0.2, 0.25) is 0 Å². The lowest BCUT2D eigenvalue weighted by molar-refractivity contribution is -0.0115. The van der Waals surface area contributed by atoms with E-state index in [0.717, 1.165) is 5.56 Å². The van der Waals surface area contributed by atoms with Crippen molar-refractivity contribution >= 4 is 5.82 Å². The van der Waals surface area contributed by atoms with Crippen molar-refractivity contribution in [2.24, 2.45) is 5.84 Å². The summed E-state index contributed by atoms with van der Waals surface area (Å²) >= 11 is 0. The molecule has 0 saturated heterocycles. The first-order chi connectivity index (χ1) is 7.77. The third kappa shape index (κ3) is 4.14. The highest BCUT2D eigenvalue weighted by atomic mass is 16.5. The Labute approximate surface area is 95.9 Å². The quantitative estimate of drug-likeness (QED) is 0.541. The van der Waals surface area contributed by atoms with Gasteiger partial charge in [0.05, 0.1) is 19.3 Å². The summed E-state index contributed by atoms with van der Waals surface area (Å²) in [4.78, 5) is 4.09. The number of pyridine rings is 1. The molecule has 0 aliphatic rings. The SMILES string of the molecule is CCOCC(C)OCc1cccnc1NN. The first-order valence-corrected chi connectivity index (χ1v) is 5.37. The van der Waals surface area contributed by atoms with Crippen LogP contribution in [0.3, 0.4) is 0 Å². The maximum Gasteiger partial charge on any atom is 0.145 e. The third-order valence-electron chi connectivity index (χ3n) is 2.11. The van der Waals surface area contributed by atoms with E-state index >= 15 is 0 Å². The standard InChI is InChI=1S/C11H19N3O2/c1-3-15-7-9(2)16-8-10-5-4-6-13-11(10)14-12/h4-6,9H,3,7-8,12H2,1-2H3,(H,13,14). The number of ether oxygens (including phenoxy) is 2. The fraction of sp³-hybridized carbons (Fsp3) is 0.545. The minimum absolute atomic E-state index is 0.0609. The second-order valence-electron chi connectivity index (χ2n) is 3.44. The summed E-state index contributed by atoms with van der Waals surface area (Å²) < 4.78 is 10.9. The Morgan fingerprint density at radius 1 is 1.56 bits per heavy atom. The molecular weight excluding hydrogens is 206 g/mol. The molecule has 1 atom stereocenters. The van der Waals surface area contributed by atoms with Crippen molar-refractivity contribution in [2.75, 3.05) is 18.6 Å². The Hall–Kier alpha value is -1.17. The van der Waals surface area contributed by atoms with Crippen molar-refractivity contribution in [1.82, 2.24) is 4.98 Å². The van der Waals surface area contributed by atoms with E-state index in [4.69, 9.17) is 15.3 Å². The van der Waals surface area contributed by atoms with Crippen LogP contribution in [0.5, 0.6) is 0 Å². The van der Waals surface area contributed by atoms with Crippen molar-refractivity contribution in [3.8, 4) is 0 Å². The molecule has 5 heteroatoms. The molecule has 1 aromatic heterocycles. The molecule has 0 saturated carbocycles. The molecule has 0 aliphatic carbocycles. The van der Waals surface area contributed by atoms with Gasteiger partial charge in [0.25, 0.3) is 0 Å². The number of hydrogen-bond donors (Lipinski definition) is 2. The van der Waals surface area contributed by atoms with Crippen molar-refractivity contribution < 1.29 is 9.47 Å². The van der Waals surface area contributed by atoms with Gasteiger partial charge in [-0.3, -0.25) is 0 Å². The lowest BCUT2D eigenvalue weighted by atomic mass is 10.3. The topological polar surface area (TPSA) is 69.4 Å². The van der Waals surface area contributed by atoms with Crippen molar-refractivity contribution in [3.05, 3.63) is 23.9 Å². The molecule has 5 nitrogen and oxygen atoms in total. The van der Waals surface area contributed by atoms with Gasteiger partial charge in [0.1, 0.15) is 5.82 Å². The van der Waals surface area contributed by atoms with E-state index in [1.165, 1.54) is 0 Å². The Morgan fingerprint density at radius 2 is 2.38 bits per heavy atom. The number of hydrazine groups is 1. The van der Waals surface area contributed by atoms with Crippen LogP contribution in [0.25, 0.3) is 0 Å². The number of nitrogens with zero attached hydrogens (tertiary/aromatic N) is 1. The Kier molecular flexibility index (Phi) is 5.77. The monoisotopic (exact) mass is 225 g/mol. The molecule has 0 spiro atoms. The van der Waals surface area contributed by atoms with Gasteiger partial charge >= 0.3 is 0 Å². The van der Waals surface area contributed by atoms with Crippen LogP contribution < -0.4 is 11.3 Å². The molecule has 1 rings (SSSR count). The zero-order valence-electron chi connectivity index (χ0n) is 9.77. The van der Waals surface area contributed by atoms with Crippen LogP contribution in [0.4, 0.5) is 5.82 Å². The van der Waals surface area contributed by atoms with Gasteiger partial charge in [-0.2, -0.15) is 0 Å². The van der Waals surface area contributed by atoms with Gasteiger partial charge in [0.2, 0.25) is 0 Å². The Balaban J connectivity index is 2.41. The molecule has 0 amide bonds. The number of anilines is 1. The summed E-state index contributed by atoms with van der Waals surface area (Å²) in [5.41, 5.74) is 3.48. The first-order valence-electron chi connectivity index (χ1n) is 5.37. The maximum atomic E-state index is 5.61. The van der Waals surface area contributed by atoms with Crippen LogP contribution >= 0.6 is 0 Å². The first kappa shape index (κ1) is 12.9. The molecule has 90 valence electrons. The lowest BCUT2D eigenvalue weighted by Gasteiger charge is -2.14. The van der Waals surface area contributed by atoms with Crippen LogP contribution in [0, 0.1) is 0 Å². The van der Waals surface area contributed by atoms with Gasteiger partial charge in [0, 0.05) is 18.4 Å². The van der Waals surface area contributed by atoms with Crippen LogP contribution in [-0.2, 0) is 16.1 Å². The average molecular weight is 225 g/mol. The highest BCUT2D eigenvalue weighted by Crippen LogP contribution is 2.12. The minimum atomic E-state index is 0.0609. The van der Waals surface area contributed by atoms with Gasteiger partial charge in [-0.05, 0) is 19.9 Å². The van der Waals surface area contributed by atoms with Crippen LogP contribution in [0.15, 0.2) is 18.3 Å². The van der Waals surface area contributed by atoms with Gasteiger partial charge in [-0.15, -0.1) is 0 Å². The highest BCUT2D eigenvalue weighted by Gasteiger charge is 2.05. The molecule has 0 fully saturated rings. The van der Waals surface area contributed by atoms with Gasteiger partial charge < -0.3 is 14.9 Å². The molecule has 1 unspecified atom stereocenters. The predicted octanol–water partition coefficient (Wildman–Crippen LogP) is 1.31. The number of nitrogen functional groups attached to an aromatic ring is 1. The summed E-state index contributed by atoms with van der Waals surface area (Å²) in [6.45, 7) is 5.71. The molecule has 0 aromatic carbocycles. The van der Waals surface area contributed by atoms with E-state index in [1.807, 2.05) is 26.0 Å². The summed E-state index contributed by atoms with van der Waals surface area (Å²) in [5, 5.41) is 0. The average Bonchev–Trinajstić information content (AvgIpc) is 2.34. The van der Waals surface area contributed by atoms with Crippen LogP contribution in [-0.4, -0.2) is 24.3 Å². The Morgan fingerprint density at radius 3 is 3.06 bits per heavy atom. The fourth-order valence-corrected chi connectivity index (χ4v) is 1.25. The maximum absolute atomic E-state index is 5.61. The molecule has 16 heavy (non-hydrogen) atoms. The van der Waals surface area contributed by atoms with E-state index in [9.17, 15) is 0 Å². The van der Waals surface area contributed by atoms with E-state index < -0.39 is 0 Å². The zero-order valence-corrected chi connectivity index (χ0v) is 9.77. The van der Waals surface area contributed by atoms with E-state index in [2.05, 4.69) is 10.4 Å². The Bertz CT molecular complexity index is 307. The van der Waals surface area contributed by atoms with Crippen molar-refractivity contribution in [3.63, 3.8) is 0 Å². The summed E-state index contributed by atoms with van der Waals surface area (Å²) in [6.07, 6.45) is 1.74. The summed E-state index contributed by atoms with van der Waals surface area (Å²) in [7, 11) is 0. The number of rotatable bonds is 7. The van der Waals surface area contributed by atoms with Crippen LogP contribution in [0.1, 0.15) is 19.4 Å². The minimum Gasteiger partial charge on any atom is -0.379 e. The molecule has 1 heterocycles. The molecule has 0 bridgehead atoms. The van der Waals surface area contributed by atoms with Gasteiger partial charge in [-0.25, -0.2) is 10.8 Å². The molecule has 0 aliphatic heterocycles. The second kappa shape index (κ2) is 7.16. The summed E-state index contributed by atoms with van der Waals surface area (Å²) in [6, 6.07) is 3.78. The molecule has 3 N–H and O–H groups in total. The summed E-state index contributed by atoms with van der Waals surface area (Å²) in [5.74, 6) is 5.99. The molecule has 0 radical (unpaired) electrons. The van der Waals surface area contributed by atoms with Gasteiger partial charge in [0.15, 0.2) is 0 Å². The fourth-order valence-electron chi connectivity index (χ4n) is 1.25. The van der Waals surface area contributed by atoms with E-state index in [1.54, 1.807) is 6.20 Å². The van der Waals surface area contributed by atoms with Gasteiger partial charge in [-0.1, -0.05) is 6.07 Å². The lowest BCUT2D eigenvalue weighted by Crippen LogP contribution is -2.17. The largest absolute Gasteiger partial charge is 0.379 e. The van der Waals surface area contributed by atoms with E-state index in [0.29, 0.717) is 25.6 Å². The zero-order chi connectivity index (χ0) is 11.8. The predicted molar refractivity (Wildman–Crippen MR) is 62.8 cm³/mol. The second-order valence-corrected chi connectivity index (χ2v) is 3.44. The number of hydrogen-bond acceptors (Lipinski definition) is 5. The smallest absolute Gasteiger partial charge is 0.145 e. The number of nitrogens with two attached hydrogens (primary N) is 1. The van der Waals surface area contributed by atoms with Crippen molar-refractivity contribution in [1.29, 1.82) is 0 Å². The molecule has 1 aromatic rings. The highest BCUT2D eigenvalue weighted by molar-refractivity contribution is 5.41. The molecular formula is C11H19N3O2. The van der Waals surface area contributed by atoms with Crippen molar-refractivity contribution in [2.45, 2.75) is 26.6 Å². The third-order valence-corrected chi connectivity index (χ3v) is 2.11. The van der Waals surface area contributed by atoms with E-state index in [-0.39, 0.29) is 6.10 Å². The normalized spacial score (nSPS) is 12.4.